The highest BCUT2D eigenvalue weighted by molar-refractivity contribution is 14.1. The van der Waals surface area contributed by atoms with Crippen LogP contribution < -0.4 is 11.1 Å². The lowest BCUT2D eigenvalue weighted by atomic mass is 10.4. The number of aromatic nitrogens is 4. The zero-order valence-electron chi connectivity index (χ0n) is 10.1. The summed E-state index contributed by atoms with van der Waals surface area (Å²) in [6, 6.07) is 1.93. The average molecular weight is 386 g/mol. The summed E-state index contributed by atoms with van der Waals surface area (Å²) in [5, 5.41) is 4.17. The van der Waals surface area contributed by atoms with Gasteiger partial charge in [0.05, 0.1) is 17.6 Å². The van der Waals surface area contributed by atoms with Crippen LogP contribution in [0.15, 0.2) is 18.5 Å². The normalized spacial score (nSPS) is 11.1. The lowest BCUT2D eigenvalue weighted by molar-refractivity contribution is 1.03. The third-order valence-corrected chi connectivity index (χ3v) is 4.12. The molecule has 98 valence electrons. The lowest BCUT2D eigenvalue weighted by Gasteiger charge is -2.06. The number of rotatable bonds is 3. The minimum absolute atomic E-state index is 0.441. The Morgan fingerprint density at radius 1 is 1.53 bits per heavy atom. The SMILES string of the molecule is Cc1cn2c(I)cnc2c(Nc2cc(CN)ns2)n1. The summed E-state index contributed by atoms with van der Waals surface area (Å²) in [5.41, 5.74) is 8.16. The molecule has 0 aliphatic rings. The Morgan fingerprint density at radius 2 is 2.37 bits per heavy atom. The van der Waals surface area contributed by atoms with E-state index in [4.69, 9.17) is 5.73 Å². The van der Waals surface area contributed by atoms with E-state index < -0.39 is 0 Å². The molecule has 0 bridgehead atoms. The second-order valence-corrected chi connectivity index (χ2v) is 5.93. The van der Waals surface area contributed by atoms with Gasteiger partial charge < -0.3 is 11.1 Å². The summed E-state index contributed by atoms with van der Waals surface area (Å²) in [6.45, 7) is 2.40. The van der Waals surface area contributed by atoms with Crippen LogP contribution in [0.2, 0.25) is 0 Å². The number of hydrogen-bond acceptors (Lipinski definition) is 6. The number of halogens is 1. The summed E-state index contributed by atoms with van der Waals surface area (Å²) in [5.74, 6) is 0.732. The van der Waals surface area contributed by atoms with Gasteiger partial charge in [0.1, 0.15) is 8.70 Å². The van der Waals surface area contributed by atoms with Gasteiger partial charge in [-0.3, -0.25) is 4.40 Å². The Hall–Kier alpha value is -1.26. The van der Waals surface area contributed by atoms with Crippen molar-refractivity contribution in [3.05, 3.63) is 33.5 Å². The minimum atomic E-state index is 0.441. The van der Waals surface area contributed by atoms with Gasteiger partial charge in [0.2, 0.25) is 0 Å². The number of nitrogens with one attached hydrogen (secondary N) is 1. The van der Waals surface area contributed by atoms with Gasteiger partial charge in [-0.2, -0.15) is 4.37 Å². The zero-order chi connectivity index (χ0) is 13.4. The molecule has 0 fully saturated rings. The number of nitrogens with zero attached hydrogens (tertiary/aromatic N) is 4. The molecule has 0 aromatic carbocycles. The predicted octanol–water partition coefficient (Wildman–Crippen LogP) is 2.30. The number of fused-ring (bicyclic) bond motifs is 1. The van der Waals surface area contributed by atoms with E-state index in [0.717, 1.165) is 31.6 Å². The van der Waals surface area contributed by atoms with E-state index in [1.165, 1.54) is 11.5 Å². The van der Waals surface area contributed by atoms with Crippen molar-refractivity contribution < 1.29 is 0 Å². The predicted molar refractivity (Wildman–Crippen MR) is 83.7 cm³/mol. The molecule has 0 saturated heterocycles. The van der Waals surface area contributed by atoms with Crippen molar-refractivity contribution in [2.45, 2.75) is 13.5 Å². The van der Waals surface area contributed by atoms with Crippen molar-refractivity contribution in [1.29, 1.82) is 0 Å². The van der Waals surface area contributed by atoms with Crippen LogP contribution in [0.4, 0.5) is 10.8 Å². The van der Waals surface area contributed by atoms with Crippen LogP contribution in [0.25, 0.3) is 5.65 Å². The van der Waals surface area contributed by atoms with Crippen molar-refractivity contribution in [2.24, 2.45) is 5.73 Å². The molecule has 3 aromatic heterocycles. The summed E-state index contributed by atoms with van der Waals surface area (Å²) >= 11 is 3.62. The quantitative estimate of drug-likeness (QED) is 0.676. The molecule has 3 N–H and O–H groups in total. The molecular weight excluding hydrogens is 375 g/mol. The summed E-state index contributed by atoms with van der Waals surface area (Å²) in [4.78, 5) is 8.87. The van der Waals surface area contributed by atoms with Crippen LogP contribution in [0.1, 0.15) is 11.4 Å². The molecule has 3 rings (SSSR count). The van der Waals surface area contributed by atoms with Gasteiger partial charge in [0.25, 0.3) is 0 Å². The lowest BCUT2D eigenvalue weighted by Crippen LogP contribution is -2.00. The standard InChI is InChI=1S/C11H11IN6S/c1-6-5-18-8(12)4-14-11(18)10(15-6)16-9-2-7(3-13)17-19-9/h2,4-5H,3,13H2,1H3,(H,15,16). The van der Waals surface area contributed by atoms with E-state index in [2.05, 4.69) is 42.2 Å². The maximum Gasteiger partial charge on any atom is 0.181 e. The maximum absolute atomic E-state index is 5.56. The molecule has 0 amide bonds. The van der Waals surface area contributed by atoms with Crippen molar-refractivity contribution in [2.75, 3.05) is 5.32 Å². The third kappa shape index (κ3) is 2.42. The summed E-state index contributed by atoms with van der Waals surface area (Å²) in [6.07, 6.45) is 3.79. The molecule has 0 atom stereocenters. The fourth-order valence-electron chi connectivity index (χ4n) is 1.75. The van der Waals surface area contributed by atoms with Crippen LogP contribution in [0, 0.1) is 10.6 Å². The Balaban J connectivity index is 2.04. The van der Waals surface area contributed by atoms with Gasteiger partial charge in [0.15, 0.2) is 11.5 Å². The van der Waals surface area contributed by atoms with E-state index in [9.17, 15) is 0 Å². The van der Waals surface area contributed by atoms with Gasteiger partial charge in [0, 0.05) is 12.7 Å². The number of aryl methyl sites for hydroxylation is 1. The van der Waals surface area contributed by atoms with Gasteiger partial charge in [-0.1, -0.05) is 0 Å². The Kier molecular flexibility index (Phi) is 3.37. The van der Waals surface area contributed by atoms with Gasteiger partial charge >= 0.3 is 0 Å². The number of hydrogen-bond donors (Lipinski definition) is 2. The van der Waals surface area contributed by atoms with Gasteiger partial charge in [-0.15, -0.1) is 0 Å². The Bertz CT molecular complexity index is 734. The molecule has 0 aliphatic heterocycles. The third-order valence-electron chi connectivity index (χ3n) is 2.58. The highest BCUT2D eigenvalue weighted by atomic mass is 127. The molecular formula is C11H11IN6S. The van der Waals surface area contributed by atoms with Crippen LogP contribution in [-0.2, 0) is 6.54 Å². The number of imidazole rings is 1. The van der Waals surface area contributed by atoms with E-state index in [1.807, 2.05) is 29.8 Å². The highest BCUT2D eigenvalue weighted by Gasteiger charge is 2.10. The molecule has 6 nitrogen and oxygen atoms in total. The maximum atomic E-state index is 5.56. The van der Waals surface area contributed by atoms with Crippen LogP contribution >= 0.6 is 34.1 Å². The van der Waals surface area contributed by atoms with E-state index in [0.29, 0.717) is 6.54 Å². The molecule has 19 heavy (non-hydrogen) atoms. The number of anilines is 2. The van der Waals surface area contributed by atoms with E-state index in [-0.39, 0.29) is 0 Å². The van der Waals surface area contributed by atoms with Crippen LogP contribution in [-0.4, -0.2) is 18.7 Å². The summed E-state index contributed by atoms with van der Waals surface area (Å²) < 4.78 is 7.30. The molecule has 8 heteroatoms. The Morgan fingerprint density at radius 3 is 3.11 bits per heavy atom. The first kappa shape index (κ1) is 12.8. The van der Waals surface area contributed by atoms with Crippen molar-refractivity contribution in [3.63, 3.8) is 0 Å². The number of nitrogens with two attached hydrogens (primary N) is 1. The highest BCUT2D eigenvalue weighted by Crippen LogP contribution is 2.24. The molecule has 0 unspecified atom stereocenters. The van der Waals surface area contributed by atoms with E-state index in [1.54, 1.807) is 0 Å². The second-order valence-electron chi connectivity index (χ2n) is 4.02. The largest absolute Gasteiger partial charge is 0.328 e. The first-order valence-corrected chi connectivity index (χ1v) is 7.45. The van der Waals surface area contributed by atoms with Crippen LogP contribution in [0.3, 0.4) is 0 Å². The van der Waals surface area contributed by atoms with Crippen LogP contribution in [0.5, 0.6) is 0 Å². The van der Waals surface area contributed by atoms with Crippen molar-refractivity contribution in [1.82, 2.24) is 18.7 Å². The molecule has 0 spiro atoms. The molecule has 3 heterocycles. The smallest absolute Gasteiger partial charge is 0.181 e. The first-order valence-electron chi connectivity index (χ1n) is 5.60. The monoisotopic (exact) mass is 386 g/mol. The van der Waals surface area contributed by atoms with Gasteiger partial charge in [-0.25, -0.2) is 9.97 Å². The van der Waals surface area contributed by atoms with Gasteiger partial charge in [-0.05, 0) is 47.1 Å². The average Bonchev–Trinajstić information content (AvgIpc) is 2.97. The minimum Gasteiger partial charge on any atom is -0.328 e. The molecule has 0 aliphatic carbocycles. The van der Waals surface area contributed by atoms with Crippen molar-refractivity contribution >= 4 is 50.6 Å². The first-order chi connectivity index (χ1) is 9.17. The summed E-state index contributed by atoms with van der Waals surface area (Å²) in [7, 11) is 0. The fraction of sp³-hybridized carbons (Fsp3) is 0.182. The van der Waals surface area contributed by atoms with Crippen molar-refractivity contribution in [3.8, 4) is 0 Å². The fourth-order valence-corrected chi connectivity index (χ4v) is 2.93. The van der Waals surface area contributed by atoms with E-state index >= 15 is 0 Å². The zero-order valence-corrected chi connectivity index (χ0v) is 13.1. The second kappa shape index (κ2) is 5.02. The topological polar surface area (TPSA) is 81.1 Å². The molecule has 0 radical (unpaired) electrons. The molecule has 3 aromatic rings. The molecule has 0 saturated carbocycles. The Labute approximate surface area is 127 Å².